The Balaban J connectivity index is 2.17. The molecule has 1 heterocycles. The van der Waals surface area contributed by atoms with Gasteiger partial charge in [-0.2, -0.15) is 0 Å². The van der Waals surface area contributed by atoms with Crippen LogP contribution in [0.4, 0.5) is 11.6 Å². The van der Waals surface area contributed by atoms with Crippen molar-refractivity contribution in [1.29, 1.82) is 0 Å². The van der Waals surface area contributed by atoms with Crippen molar-refractivity contribution in [3.63, 3.8) is 0 Å². The molecule has 0 saturated carbocycles. The van der Waals surface area contributed by atoms with E-state index in [1.807, 2.05) is 26.8 Å². The van der Waals surface area contributed by atoms with E-state index in [2.05, 4.69) is 20.2 Å². The van der Waals surface area contributed by atoms with Crippen LogP contribution in [0.3, 0.4) is 0 Å². The molecule has 0 radical (unpaired) electrons. The van der Waals surface area contributed by atoms with E-state index in [0.29, 0.717) is 5.82 Å². The highest BCUT2D eigenvalue weighted by atomic mass is 32.2. The molecule has 7 heteroatoms. The Labute approximate surface area is 124 Å². The van der Waals surface area contributed by atoms with Crippen LogP contribution in [0.5, 0.6) is 0 Å². The Hall–Kier alpha value is -2.15. The molecule has 0 spiro atoms. The monoisotopic (exact) mass is 306 g/mol. The lowest BCUT2D eigenvalue weighted by molar-refractivity contribution is 0.601. The SMILES string of the molecule is Cc1cccc(S(=O)(=O)Nc2ccc(NC(C)C)nn2)c1. The van der Waals surface area contributed by atoms with Crippen molar-refractivity contribution in [2.45, 2.75) is 31.7 Å². The van der Waals surface area contributed by atoms with Crippen LogP contribution in [-0.2, 0) is 10.0 Å². The first-order chi connectivity index (χ1) is 9.87. The van der Waals surface area contributed by atoms with Crippen LogP contribution in [0.25, 0.3) is 0 Å². The molecule has 0 atom stereocenters. The molecule has 6 nitrogen and oxygen atoms in total. The van der Waals surface area contributed by atoms with E-state index in [1.165, 1.54) is 6.07 Å². The number of aryl methyl sites for hydroxylation is 1. The highest BCUT2D eigenvalue weighted by Gasteiger charge is 2.15. The van der Waals surface area contributed by atoms with Gasteiger partial charge in [-0.25, -0.2) is 8.42 Å². The van der Waals surface area contributed by atoms with Gasteiger partial charge in [-0.1, -0.05) is 12.1 Å². The molecule has 0 saturated heterocycles. The van der Waals surface area contributed by atoms with Crippen LogP contribution in [-0.4, -0.2) is 24.7 Å². The van der Waals surface area contributed by atoms with Crippen molar-refractivity contribution in [3.05, 3.63) is 42.0 Å². The van der Waals surface area contributed by atoms with E-state index in [1.54, 1.807) is 24.3 Å². The van der Waals surface area contributed by atoms with Crippen molar-refractivity contribution in [1.82, 2.24) is 10.2 Å². The Morgan fingerprint density at radius 1 is 1.05 bits per heavy atom. The summed E-state index contributed by atoms with van der Waals surface area (Å²) < 4.78 is 26.9. The Morgan fingerprint density at radius 3 is 2.29 bits per heavy atom. The molecule has 0 aliphatic rings. The number of hydrogen-bond acceptors (Lipinski definition) is 5. The minimum absolute atomic E-state index is 0.186. The third-order valence-corrected chi connectivity index (χ3v) is 3.99. The lowest BCUT2D eigenvalue weighted by Crippen LogP contribution is -2.15. The standard InChI is InChI=1S/C14H18N4O2S/c1-10(2)15-13-7-8-14(17-16-13)18-21(19,20)12-6-4-5-11(3)9-12/h4-10H,1-3H3,(H,15,16)(H,17,18). The van der Waals surface area contributed by atoms with Crippen molar-refractivity contribution in [3.8, 4) is 0 Å². The minimum atomic E-state index is -3.64. The van der Waals surface area contributed by atoms with Crippen molar-refractivity contribution >= 4 is 21.7 Å². The minimum Gasteiger partial charge on any atom is -0.366 e. The van der Waals surface area contributed by atoms with Gasteiger partial charge in [0.05, 0.1) is 4.90 Å². The Morgan fingerprint density at radius 2 is 1.71 bits per heavy atom. The first-order valence-electron chi connectivity index (χ1n) is 6.56. The van der Waals surface area contributed by atoms with Crippen LogP contribution in [0.15, 0.2) is 41.3 Å². The summed E-state index contributed by atoms with van der Waals surface area (Å²) in [6.07, 6.45) is 0. The lowest BCUT2D eigenvalue weighted by Gasteiger charge is -2.10. The van der Waals surface area contributed by atoms with E-state index in [0.717, 1.165) is 5.56 Å². The second-order valence-electron chi connectivity index (χ2n) is 5.02. The summed E-state index contributed by atoms with van der Waals surface area (Å²) in [6, 6.07) is 10.2. The maximum atomic E-state index is 12.2. The third-order valence-electron chi connectivity index (χ3n) is 2.64. The van der Waals surface area contributed by atoms with Gasteiger partial charge in [-0.3, -0.25) is 4.72 Å². The molecule has 0 aliphatic carbocycles. The number of hydrogen-bond donors (Lipinski definition) is 2. The molecule has 2 N–H and O–H groups in total. The molecule has 0 fully saturated rings. The van der Waals surface area contributed by atoms with Crippen LogP contribution in [0.1, 0.15) is 19.4 Å². The average Bonchev–Trinajstić information content (AvgIpc) is 2.40. The smallest absolute Gasteiger partial charge is 0.263 e. The van der Waals surface area contributed by atoms with Crippen LogP contribution < -0.4 is 10.0 Å². The first-order valence-corrected chi connectivity index (χ1v) is 8.05. The molecule has 2 aromatic rings. The van der Waals surface area contributed by atoms with Gasteiger partial charge in [0.2, 0.25) is 0 Å². The summed E-state index contributed by atoms with van der Waals surface area (Å²) in [5.74, 6) is 0.786. The highest BCUT2D eigenvalue weighted by molar-refractivity contribution is 7.92. The van der Waals surface area contributed by atoms with Crippen molar-refractivity contribution in [2.24, 2.45) is 0 Å². The quantitative estimate of drug-likeness (QED) is 0.886. The maximum Gasteiger partial charge on any atom is 0.263 e. The second kappa shape index (κ2) is 6.09. The molecule has 0 unspecified atom stereocenters. The normalized spacial score (nSPS) is 11.4. The third kappa shape index (κ3) is 4.16. The summed E-state index contributed by atoms with van der Waals surface area (Å²) in [6.45, 7) is 5.80. The van der Waals surface area contributed by atoms with E-state index in [4.69, 9.17) is 0 Å². The van der Waals surface area contributed by atoms with Gasteiger partial charge in [-0.05, 0) is 50.6 Å². The van der Waals surface area contributed by atoms with E-state index >= 15 is 0 Å². The Bertz CT molecular complexity index is 712. The van der Waals surface area contributed by atoms with E-state index < -0.39 is 10.0 Å². The number of nitrogens with one attached hydrogen (secondary N) is 2. The average molecular weight is 306 g/mol. The topological polar surface area (TPSA) is 84.0 Å². The van der Waals surface area contributed by atoms with Crippen LogP contribution in [0, 0.1) is 6.92 Å². The zero-order valence-electron chi connectivity index (χ0n) is 12.2. The second-order valence-corrected chi connectivity index (χ2v) is 6.71. The number of aromatic nitrogens is 2. The van der Waals surface area contributed by atoms with Gasteiger partial charge in [0.25, 0.3) is 10.0 Å². The summed E-state index contributed by atoms with van der Waals surface area (Å²) in [7, 11) is -3.64. The van der Waals surface area contributed by atoms with Gasteiger partial charge in [0.15, 0.2) is 5.82 Å². The van der Waals surface area contributed by atoms with Gasteiger partial charge >= 0.3 is 0 Å². The van der Waals surface area contributed by atoms with Crippen molar-refractivity contribution in [2.75, 3.05) is 10.0 Å². The maximum absolute atomic E-state index is 12.2. The molecule has 1 aromatic heterocycles. The largest absolute Gasteiger partial charge is 0.366 e. The predicted octanol–water partition coefficient (Wildman–Crippen LogP) is 2.41. The number of anilines is 2. The van der Waals surface area contributed by atoms with E-state index in [9.17, 15) is 8.42 Å². The van der Waals surface area contributed by atoms with Gasteiger partial charge in [0.1, 0.15) is 5.82 Å². The molecule has 0 amide bonds. The van der Waals surface area contributed by atoms with E-state index in [-0.39, 0.29) is 16.8 Å². The Kier molecular flexibility index (Phi) is 4.42. The number of sulfonamides is 1. The highest BCUT2D eigenvalue weighted by Crippen LogP contribution is 2.15. The summed E-state index contributed by atoms with van der Waals surface area (Å²) in [4.78, 5) is 0.202. The first kappa shape index (κ1) is 15.2. The number of rotatable bonds is 5. The molecule has 112 valence electrons. The zero-order valence-corrected chi connectivity index (χ0v) is 13.0. The molecular formula is C14H18N4O2S. The molecule has 0 aliphatic heterocycles. The summed E-state index contributed by atoms with van der Waals surface area (Å²) in [5, 5.41) is 10.9. The van der Waals surface area contributed by atoms with Gasteiger partial charge in [-0.15, -0.1) is 10.2 Å². The zero-order chi connectivity index (χ0) is 15.5. The predicted molar refractivity (Wildman–Crippen MR) is 82.8 cm³/mol. The summed E-state index contributed by atoms with van der Waals surface area (Å²) in [5.41, 5.74) is 0.875. The lowest BCUT2D eigenvalue weighted by atomic mass is 10.2. The molecular weight excluding hydrogens is 288 g/mol. The van der Waals surface area contributed by atoms with Crippen molar-refractivity contribution < 1.29 is 8.42 Å². The molecule has 0 bridgehead atoms. The van der Waals surface area contributed by atoms with Crippen LogP contribution in [0.2, 0.25) is 0 Å². The number of nitrogens with zero attached hydrogens (tertiary/aromatic N) is 2. The molecule has 1 aromatic carbocycles. The van der Waals surface area contributed by atoms with Gasteiger partial charge < -0.3 is 5.32 Å². The van der Waals surface area contributed by atoms with Gasteiger partial charge in [0, 0.05) is 6.04 Å². The fourth-order valence-electron chi connectivity index (χ4n) is 1.74. The fraction of sp³-hybridized carbons (Fsp3) is 0.286. The molecule has 21 heavy (non-hydrogen) atoms. The van der Waals surface area contributed by atoms with Crippen LogP contribution >= 0.6 is 0 Å². The molecule has 2 rings (SSSR count). The summed E-state index contributed by atoms with van der Waals surface area (Å²) >= 11 is 0. The number of benzene rings is 1. The fourth-order valence-corrected chi connectivity index (χ4v) is 2.84.